The largest absolute Gasteiger partial charge is 0.481 e. The maximum atomic E-state index is 12.9. The zero-order chi connectivity index (χ0) is 22.9. The molecule has 1 heterocycles. The SMILES string of the molecule is CC(C)(C)c1cc(NC(=O)NC2CCc3ccccc32)n(-c2cccc(CC(=O)O)c2)n1. The van der Waals surface area contributed by atoms with Crippen LogP contribution in [-0.4, -0.2) is 26.9 Å². The first-order chi connectivity index (χ1) is 15.2. The predicted octanol–water partition coefficient (Wildman–Crippen LogP) is 4.61. The smallest absolute Gasteiger partial charge is 0.320 e. The number of carbonyl (C=O) groups is 2. The van der Waals surface area contributed by atoms with Crippen LogP contribution in [0.3, 0.4) is 0 Å². The summed E-state index contributed by atoms with van der Waals surface area (Å²) in [6.07, 6.45) is 1.74. The fourth-order valence-electron chi connectivity index (χ4n) is 4.02. The molecule has 0 saturated heterocycles. The van der Waals surface area contributed by atoms with Crippen LogP contribution in [0.1, 0.15) is 55.6 Å². The number of urea groups is 1. The van der Waals surface area contributed by atoms with E-state index in [2.05, 4.69) is 43.5 Å². The fraction of sp³-hybridized carbons (Fsp3) is 0.320. The van der Waals surface area contributed by atoms with E-state index in [-0.39, 0.29) is 23.9 Å². The van der Waals surface area contributed by atoms with E-state index in [1.807, 2.05) is 24.3 Å². The second-order valence-corrected chi connectivity index (χ2v) is 9.21. The summed E-state index contributed by atoms with van der Waals surface area (Å²) in [5.74, 6) is -0.362. The molecule has 0 spiro atoms. The van der Waals surface area contributed by atoms with Gasteiger partial charge in [-0.3, -0.25) is 10.1 Å². The Bertz CT molecular complexity index is 1160. The van der Waals surface area contributed by atoms with Gasteiger partial charge < -0.3 is 10.4 Å². The summed E-state index contributed by atoms with van der Waals surface area (Å²) in [4.78, 5) is 24.0. The average Bonchev–Trinajstić information content (AvgIpc) is 3.32. The van der Waals surface area contributed by atoms with E-state index < -0.39 is 5.97 Å². The van der Waals surface area contributed by atoms with Crippen LogP contribution in [0.5, 0.6) is 0 Å². The molecule has 0 radical (unpaired) electrons. The maximum Gasteiger partial charge on any atom is 0.320 e. The number of aromatic nitrogens is 2. The number of amides is 2. The van der Waals surface area contributed by atoms with Crippen LogP contribution in [0.25, 0.3) is 5.69 Å². The van der Waals surface area contributed by atoms with Crippen molar-refractivity contribution in [3.8, 4) is 5.69 Å². The number of aliphatic carboxylic acids is 1. The summed E-state index contributed by atoms with van der Waals surface area (Å²) in [5, 5.41) is 19.9. The molecule has 1 aliphatic rings. The first-order valence-electron chi connectivity index (χ1n) is 10.8. The minimum Gasteiger partial charge on any atom is -0.481 e. The molecule has 32 heavy (non-hydrogen) atoms. The Labute approximate surface area is 187 Å². The number of carbonyl (C=O) groups excluding carboxylic acids is 1. The Morgan fingerprint density at radius 2 is 1.91 bits per heavy atom. The minimum absolute atomic E-state index is 0.0245. The topological polar surface area (TPSA) is 96.2 Å². The third-order valence-corrected chi connectivity index (χ3v) is 5.67. The summed E-state index contributed by atoms with van der Waals surface area (Å²) in [6.45, 7) is 6.17. The molecule has 2 amide bonds. The van der Waals surface area contributed by atoms with E-state index in [1.165, 1.54) is 5.56 Å². The van der Waals surface area contributed by atoms with E-state index in [1.54, 1.807) is 22.9 Å². The molecule has 1 aliphatic carbocycles. The highest BCUT2D eigenvalue weighted by Gasteiger charge is 2.25. The molecule has 1 aromatic heterocycles. The van der Waals surface area contributed by atoms with Gasteiger partial charge in [0.15, 0.2) is 0 Å². The molecule has 7 heteroatoms. The standard InChI is InChI=1S/C25H28N4O3/c1-25(2,3)21-15-22(29(28-21)18-9-6-7-16(13-18)14-23(30)31)27-24(32)26-20-12-11-17-8-4-5-10-19(17)20/h4-10,13,15,20H,11-12,14H2,1-3H3,(H,30,31)(H2,26,27,32). The molecule has 0 saturated carbocycles. The first kappa shape index (κ1) is 21.6. The number of hydrogen-bond donors (Lipinski definition) is 3. The van der Waals surface area contributed by atoms with Gasteiger partial charge in [-0.2, -0.15) is 5.10 Å². The molecule has 0 bridgehead atoms. The molecule has 3 aromatic rings. The number of rotatable bonds is 5. The van der Waals surface area contributed by atoms with Gasteiger partial charge in [-0.25, -0.2) is 9.48 Å². The molecule has 1 atom stereocenters. The molecule has 3 N–H and O–H groups in total. The second-order valence-electron chi connectivity index (χ2n) is 9.21. The zero-order valence-electron chi connectivity index (χ0n) is 18.6. The van der Waals surface area contributed by atoms with Crippen molar-refractivity contribution in [3.63, 3.8) is 0 Å². The van der Waals surface area contributed by atoms with Crippen LogP contribution in [0.4, 0.5) is 10.6 Å². The summed E-state index contributed by atoms with van der Waals surface area (Å²) >= 11 is 0. The lowest BCUT2D eigenvalue weighted by Gasteiger charge is -2.15. The van der Waals surface area contributed by atoms with Crippen molar-refractivity contribution < 1.29 is 14.7 Å². The van der Waals surface area contributed by atoms with Crippen molar-refractivity contribution in [1.29, 1.82) is 0 Å². The van der Waals surface area contributed by atoms with E-state index in [9.17, 15) is 9.59 Å². The minimum atomic E-state index is -0.896. The molecular formula is C25H28N4O3. The van der Waals surface area contributed by atoms with Crippen molar-refractivity contribution in [1.82, 2.24) is 15.1 Å². The lowest BCUT2D eigenvalue weighted by atomic mass is 9.92. The Kier molecular flexibility index (Phi) is 5.74. The molecule has 0 aliphatic heterocycles. The summed E-state index contributed by atoms with van der Waals surface area (Å²) in [6, 6.07) is 16.9. The highest BCUT2D eigenvalue weighted by Crippen LogP contribution is 2.31. The number of benzene rings is 2. The van der Waals surface area contributed by atoms with Crippen LogP contribution < -0.4 is 10.6 Å². The average molecular weight is 433 g/mol. The first-order valence-corrected chi connectivity index (χ1v) is 10.8. The van der Waals surface area contributed by atoms with Gasteiger partial charge in [-0.05, 0) is 41.7 Å². The molecular weight excluding hydrogens is 404 g/mol. The Morgan fingerprint density at radius 3 is 2.66 bits per heavy atom. The molecule has 1 unspecified atom stereocenters. The van der Waals surface area contributed by atoms with Crippen molar-refractivity contribution >= 4 is 17.8 Å². The van der Waals surface area contributed by atoms with Crippen LogP contribution in [0.2, 0.25) is 0 Å². The lowest BCUT2D eigenvalue weighted by molar-refractivity contribution is -0.136. The number of carboxylic acids is 1. The van der Waals surface area contributed by atoms with Gasteiger partial charge in [0.25, 0.3) is 0 Å². The molecule has 2 aromatic carbocycles. The molecule has 4 rings (SSSR count). The van der Waals surface area contributed by atoms with Gasteiger partial charge in [-0.15, -0.1) is 0 Å². The van der Waals surface area contributed by atoms with E-state index in [4.69, 9.17) is 10.2 Å². The number of anilines is 1. The van der Waals surface area contributed by atoms with E-state index in [0.717, 1.165) is 24.1 Å². The molecule has 0 fully saturated rings. The quantitative estimate of drug-likeness (QED) is 0.549. The second kappa shape index (κ2) is 8.49. The molecule has 166 valence electrons. The number of hydrogen-bond acceptors (Lipinski definition) is 3. The monoisotopic (exact) mass is 432 g/mol. The zero-order valence-corrected chi connectivity index (χ0v) is 18.6. The number of fused-ring (bicyclic) bond motifs is 1. The van der Waals surface area contributed by atoms with Crippen LogP contribution >= 0.6 is 0 Å². The Hall–Kier alpha value is -3.61. The van der Waals surface area contributed by atoms with Crippen LogP contribution in [0, 0.1) is 0 Å². The van der Waals surface area contributed by atoms with Crippen molar-refractivity contribution in [2.24, 2.45) is 0 Å². The summed E-state index contributed by atoms with van der Waals surface area (Å²) in [5.41, 5.74) is 4.39. The van der Waals surface area contributed by atoms with Crippen LogP contribution in [-0.2, 0) is 23.1 Å². The van der Waals surface area contributed by atoms with E-state index >= 15 is 0 Å². The summed E-state index contributed by atoms with van der Waals surface area (Å²) in [7, 11) is 0. The fourth-order valence-corrected chi connectivity index (χ4v) is 4.02. The van der Waals surface area contributed by atoms with Gasteiger partial charge in [0.2, 0.25) is 0 Å². The summed E-state index contributed by atoms with van der Waals surface area (Å²) < 4.78 is 1.66. The Balaban J connectivity index is 1.60. The maximum absolute atomic E-state index is 12.9. The number of aryl methyl sites for hydroxylation is 1. The third kappa shape index (κ3) is 4.66. The van der Waals surface area contributed by atoms with Gasteiger partial charge in [0.1, 0.15) is 5.82 Å². The van der Waals surface area contributed by atoms with Crippen molar-refractivity contribution in [2.75, 3.05) is 5.32 Å². The number of nitrogens with zero attached hydrogens (tertiary/aromatic N) is 2. The van der Waals surface area contributed by atoms with Crippen molar-refractivity contribution in [2.45, 2.75) is 51.5 Å². The van der Waals surface area contributed by atoms with Gasteiger partial charge in [0, 0.05) is 11.5 Å². The van der Waals surface area contributed by atoms with Gasteiger partial charge in [-0.1, -0.05) is 57.2 Å². The highest BCUT2D eigenvalue weighted by atomic mass is 16.4. The number of carboxylic acid groups (broad SMARTS) is 1. The van der Waals surface area contributed by atoms with Gasteiger partial charge in [0.05, 0.1) is 23.8 Å². The van der Waals surface area contributed by atoms with Gasteiger partial charge >= 0.3 is 12.0 Å². The van der Waals surface area contributed by atoms with Crippen molar-refractivity contribution in [3.05, 3.63) is 77.0 Å². The van der Waals surface area contributed by atoms with E-state index in [0.29, 0.717) is 17.1 Å². The number of nitrogens with one attached hydrogen (secondary N) is 2. The third-order valence-electron chi connectivity index (χ3n) is 5.67. The normalized spacial score (nSPS) is 15.3. The highest BCUT2D eigenvalue weighted by molar-refractivity contribution is 5.89. The predicted molar refractivity (Wildman–Crippen MR) is 123 cm³/mol. The van der Waals surface area contributed by atoms with Crippen LogP contribution in [0.15, 0.2) is 54.6 Å². The Morgan fingerprint density at radius 1 is 1.12 bits per heavy atom. The molecule has 7 nitrogen and oxygen atoms in total. The lowest BCUT2D eigenvalue weighted by Crippen LogP contribution is -2.32.